The zero-order chi connectivity index (χ0) is 9.80. The zero-order valence-electron chi connectivity index (χ0n) is 7.77. The van der Waals surface area contributed by atoms with Crippen LogP contribution in [-0.2, 0) is 6.61 Å². The Morgan fingerprint density at radius 2 is 2.36 bits per heavy atom. The summed E-state index contributed by atoms with van der Waals surface area (Å²) in [6, 6.07) is 7.81. The molecule has 2 aromatic rings. The lowest BCUT2D eigenvalue weighted by atomic mass is 10.2. The Labute approximate surface area is 81.1 Å². The van der Waals surface area contributed by atoms with Crippen LogP contribution < -0.4 is 4.74 Å². The van der Waals surface area contributed by atoms with E-state index in [1.807, 2.05) is 31.2 Å². The Morgan fingerprint density at radius 3 is 3.07 bits per heavy atom. The summed E-state index contributed by atoms with van der Waals surface area (Å²) in [5.41, 5.74) is 1.16. The van der Waals surface area contributed by atoms with E-state index < -0.39 is 0 Å². The summed E-state index contributed by atoms with van der Waals surface area (Å²) in [5.74, 6) is 1.36. The molecule has 0 radical (unpaired) electrons. The van der Waals surface area contributed by atoms with Gasteiger partial charge in [-0.3, -0.25) is 0 Å². The summed E-state index contributed by atoms with van der Waals surface area (Å²) >= 11 is 0. The summed E-state index contributed by atoms with van der Waals surface area (Å²) in [4.78, 5) is 0. The number of aromatic amines is 1. The highest BCUT2D eigenvalue weighted by atomic mass is 16.5. The molecule has 0 aliphatic carbocycles. The fourth-order valence-electron chi connectivity index (χ4n) is 1.10. The molecule has 1 aromatic carbocycles. The molecule has 0 atom stereocenters. The number of rotatable bonds is 3. The molecule has 0 fully saturated rings. The molecule has 0 aliphatic heterocycles. The second kappa shape index (κ2) is 3.87. The van der Waals surface area contributed by atoms with Crippen molar-refractivity contribution in [2.45, 2.75) is 13.5 Å². The number of benzene rings is 1. The van der Waals surface area contributed by atoms with E-state index in [0.29, 0.717) is 12.4 Å². The van der Waals surface area contributed by atoms with Crippen LogP contribution in [0, 0.1) is 6.92 Å². The number of nitrogens with zero attached hydrogens (tertiary/aromatic N) is 3. The lowest BCUT2D eigenvalue weighted by Crippen LogP contribution is -1.97. The molecule has 0 aliphatic rings. The van der Waals surface area contributed by atoms with Crippen molar-refractivity contribution in [2.24, 2.45) is 0 Å². The minimum Gasteiger partial charge on any atom is -0.485 e. The van der Waals surface area contributed by atoms with E-state index in [2.05, 4.69) is 20.6 Å². The van der Waals surface area contributed by atoms with Crippen LogP contribution in [-0.4, -0.2) is 20.6 Å². The van der Waals surface area contributed by atoms with Crippen LogP contribution in [0.2, 0.25) is 0 Å². The van der Waals surface area contributed by atoms with Crippen molar-refractivity contribution < 1.29 is 4.74 Å². The van der Waals surface area contributed by atoms with Crippen molar-refractivity contribution >= 4 is 0 Å². The normalized spacial score (nSPS) is 10.1. The van der Waals surface area contributed by atoms with Gasteiger partial charge in [-0.2, -0.15) is 5.21 Å². The van der Waals surface area contributed by atoms with Crippen molar-refractivity contribution in [3.8, 4) is 5.75 Å². The maximum atomic E-state index is 5.45. The van der Waals surface area contributed by atoms with Crippen LogP contribution in [0.15, 0.2) is 24.3 Å². The average molecular weight is 190 g/mol. The number of hydrogen-bond donors (Lipinski definition) is 1. The number of ether oxygens (including phenoxy) is 1. The van der Waals surface area contributed by atoms with Crippen LogP contribution in [0.4, 0.5) is 0 Å². The molecule has 0 saturated heterocycles. The first kappa shape index (κ1) is 8.68. The van der Waals surface area contributed by atoms with Gasteiger partial charge >= 0.3 is 0 Å². The monoisotopic (exact) mass is 190 g/mol. The van der Waals surface area contributed by atoms with Gasteiger partial charge in [0.15, 0.2) is 6.61 Å². The highest BCUT2D eigenvalue weighted by molar-refractivity contribution is 5.27. The third kappa shape index (κ3) is 2.07. The molecular formula is C9H10N4O. The van der Waals surface area contributed by atoms with Gasteiger partial charge in [-0.25, -0.2) is 0 Å². The number of tetrazole rings is 1. The van der Waals surface area contributed by atoms with E-state index in [4.69, 9.17) is 4.74 Å². The van der Waals surface area contributed by atoms with Crippen LogP contribution in [0.25, 0.3) is 0 Å². The minimum absolute atomic E-state index is 0.333. The molecule has 0 bridgehead atoms. The molecule has 1 heterocycles. The molecule has 0 saturated carbocycles. The minimum atomic E-state index is 0.333. The molecule has 1 aromatic heterocycles. The van der Waals surface area contributed by atoms with Gasteiger partial charge in [0.05, 0.1) is 0 Å². The lowest BCUT2D eigenvalue weighted by Gasteiger charge is -2.03. The SMILES string of the molecule is Cc1cccc(OCc2nn[nH]n2)c1. The van der Waals surface area contributed by atoms with Gasteiger partial charge in [-0.15, -0.1) is 10.2 Å². The van der Waals surface area contributed by atoms with E-state index in [9.17, 15) is 0 Å². The molecule has 0 unspecified atom stereocenters. The number of aromatic nitrogens is 4. The molecule has 5 heteroatoms. The molecule has 0 amide bonds. The molecule has 0 spiro atoms. The Morgan fingerprint density at radius 1 is 1.43 bits per heavy atom. The van der Waals surface area contributed by atoms with Gasteiger partial charge in [0.25, 0.3) is 0 Å². The number of aryl methyl sites for hydroxylation is 1. The first-order chi connectivity index (χ1) is 6.84. The summed E-state index contributed by atoms with van der Waals surface area (Å²) < 4.78 is 5.45. The zero-order valence-corrected chi connectivity index (χ0v) is 7.77. The van der Waals surface area contributed by atoms with Crippen LogP contribution >= 0.6 is 0 Å². The van der Waals surface area contributed by atoms with Crippen molar-refractivity contribution in [1.29, 1.82) is 0 Å². The van der Waals surface area contributed by atoms with Crippen LogP contribution in [0.5, 0.6) is 5.75 Å². The molecular weight excluding hydrogens is 180 g/mol. The van der Waals surface area contributed by atoms with E-state index >= 15 is 0 Å². The largest absolute Gasteiger partial charge is 0.485 e. The predicted octanol–water partition coefficient (Wildman–Crippen LogP) is 1.09. The smallest absolute Gasteiger partial charge is 0.211 e. The molecule has 14 heavy (non-hydrogen) atoms. The third-order valence-electron chi connectivity index (χ3n) is 1.75. The second-order valence-electron chi connectivity index (χ2n) is 2.93. The molecule has 72 valence electrons. The van der Waals surface area contributed by atoms with Crippen LogP contribution in [0.1, 0.15) is 11.4 Å². The molecule has 5 nitrogen and oxygen atoms in total. The topological polar surface area (TPSA) is 63.7 Å². The van der Waals surface area contributed by atoms with Gasteiger partial charge in [0.1, 0.15) is 5.75 Å². The maximum Gasteiger partial charge on any atom is 0.211 e. The van der Waals surface area contributed by atoms with Gasteiger partial charge < -0.3 is 4.74 Å². The highest BCUT2D eigenvalue weighted by Gasteiger charge is 1.99. The van der Waals surface area contributed by atoms with E-state index in [0.717, 1.165) is 11.3 Å². The third-order valence-corrected chi connectivity index (χ3v) is 1.75. The summed E-state index contributed by atoms with van der Waals surface area (Å²) in [6.07, 6.45) is 0. The second-order valence-corrected chi connectivity index (χ2v) is 2.93. The molecule has 1 N–H and O–H groups in total. The Kier molecular flexibility index (Phi) is 2.40. The summed E-state index contributed by atoms with van der Waals surface area (Å²) in [5, 5.41) is 13.4. The van der Waals surface area contributed by atoms with Crippen molar-refractivity contribution in [3.05, 3.63) is 35.7 Å². The Balaban J connectivity index is 1.98. The highest BCUT2D eigenvalue weighted by Crippen LogP contribution is 2.12. The van der Waals surface area contributed by atoms with Gasteiger partial charge in [0, 0.05) is 0 Å². The van der Waals surface area contributed by atoms with Gasteiger partial charge in [0.2, 0.25) is 5.82 Å². The summed E-state index contributed by atoms with van der Waals surface area (Å²) in [7, 11) is 0. The van der Waals surface area contributed by atoms with Crippen molar-refractivity contribution in [3.63, 3.8) is 0 Å². The quantitative estimate of drug-likeness (QED) is 0.786. The number of H-pyrrole nitrogens is 1. The van der Waals surface area contributed by atoms with Crippen LogP contribution in [0.3, 0.4) is 0 Å². The Hall–Kier alpha value is -1.91. The van der Waals surface area contributed by atoms with E-state index in [1.165, 1.54) is 0 Å². The lowest BCUT2D eigenvalue weighted by molar-refractivity contribution is 0.296. The maximum absolute atomic E-state index is 5.45. The van der Waals surface area contributed by atoms with Gasteiger partial charge in [-0.1, -0.05) is 17.3 Å². The van der Waals surface area contributed by atoms with Crippen molar-refractivity contribution in [2.75, 3.05) is 0 Å². The summed E-state index contributed by atoms with van der Waals surface area (Å²) in [6.45, 7) is 2.35. The fraction of sp³-hybridized carbons (Fsp3) is 0.222. The average Bonchev–Trinajstić information content (AvgIpc) is 2.67. The van der Waals surface area contributed by atoms with E-state index in [-0.39, 0.29) is 0 Å². The first-order valence-electron chi connectivity index (χ1n) is 4.26. The number of hydrogen-bond acceptors (Lipinski definition) is 4. The first-order valence-corrected chi connectivity index (χ1v) is 4.26. The molecule has 2 rings (SSSR count). The fourth-order valence-corrected chi connectivity index (χ4v) is 1.10. The van der Waals surface area contributed by atoms with Gasteiger partial charge in [-0.05, 0) is 24.6 Å². The predicted molar refractivity (Wildman–Crippen MR) is 49.7 cm³/mol. The van der Waals surface area contributed by atoms with E-state index in [1.54, 1.807) is 0 Å². The number of nitrogens with one attached hydrogen (secondary N) is 1. The Bertz CT molecular complexity index is 399. The van der Waals surface area contributed by atoms with Crippen molar-refractivity contribution in [1.82, 2.24) is 20.6 Å². The standard InChI is InChI=1S/C9H10N4O/c1-7-3-2-4-8(5-7)14-6-9-10-12-13-11-9/h2-5H,6H2,1H3,(H,10,11,12,13).